The number of benzene rings is 1. The predicted molar refractivity (Wildman–Crippen MR) is 106 cm³/mol. The van der Waals surface area contributed by atoms with Gasteiger partial charge in [0, 0.05) is 37.2 Å². The van der Waals surface area contributed by atoms with E-state index >= 15 is 0 Å². The van der Waals surface area contributed by atoms with Crippen LogP contribution in [0.1, 0.15) is 37.7 Å². The summed E-state index contributed by atoms with van der Waals surface area (Å²) in [7, 11) is 2.09. The zero-order valence-electron chi connectivity index (χ0n) is 15.8. The lowest BCUT2D eigenvalue weighted by Crippen LogP contribution is -2.47. The molecule has 0 bridgehead atoms. The molecule has 5 nitrogen and oxygen atoms in total. The predicted octanol–water partition coefficient (Wildman–Crippen LogP) is 3.00. The van der Waals surface area contributed by atoms with Crippen LogP contribution in [0, 0.1) is 0 Å². The summed E-state index contributed by atoms with van der Waals surface area (Å²) in [6, 6.07) is 7.30. The van der Waals surface area contributed by atoms with Crippen LogP contribution in [0.3, 0.4) is 0 Å². The van der Waals surface area contributed by atoms with Gasteiger partial charge in [-0.15, -0.1) is 0 Å². The fourth-order valence-corrected chi connectivity index (χ4v) is 4.53. The first-order valence-electron chi connectivity index (χ1n) is 9.88. The van der Waals surface area contributed by atoms with Crippen LogP contribution in [0.25, 0.3) is 5.57 Å². The number of piperazine rings is 1. The van der Waals surface area contributed by atoms with E-state index in [2.05, 4.69) is 16.8 Å². The monoisotopic (exact) mass is 387 g/mol. The van der Waals surface area contributed by atoms with Gasteiger partial charge in [0.2, 0.25) is 0 Å². The molecular weight excluding hydrogens is 362 g/mol. The molecule has 144 valence electrons. The number of amides is 2. The summed E-state index contributed by atoms with van der Waals surface area (Å²) in [5.41, 5.74) is 1.91. The number of likely N-dealkylation sites (N-methyl/N-ethyl adjacent to an activating group) is 1. The number of nitrogens with zero attached hydrogens (tertiary/aromatic N) is 3. The van der Waals surface area contributed by atoms with Crippen LogP contribution in [-0.2, 0) is 9.59 Å². The maximum atomic E-state index is 13.4. The highest BCUT2D eigenvalue weighted by atomic mass is 35.5. The van der Waals surface area contributed by atoms with Gasteiger partial charge in [-0.3, -0.25) is 14.5 Å². The van der Waals surface area contributed by atoms with E-state index in [1.165, 1.54) is 6.42 Å². The van der Waals surface area contributed by atoms with E-state index in [0.717, 1.165) is 57.4 Å². The molecular formula is C21H26ClN3O2. The highest BCUT2D eigenvalue weighted by Gasteiger charge is 2.45. The van der Waals surface area contributed by atoms with Crippen LogP contribution in [0.4, 0.5) is 0 Å². The van der Waals surface area contributed by atoms with Gasteiger partial charge in [0.05, 0.1) is 5.57 Å². The first-order valence-corrected chi connectivity index (χ1v) is 10.3. The maximum Gasteiger partial charge on any atom is 0.278 e. The SMILES string of the molecule is CN1CCN(C2=C(c3ccc(Cl)cc3)C(=O)N(C3CCCCC3)C2=O)CC1. The van der Waals surface area contributed by atoms with Crippen LogP contribution in [0.2, 0.25) is 5.02 Å². The standard InChI is InChI=1S/C21H26ClN3O2/c1-23-11-13-24(14-12-23)19-18(15-7-9-16(22)10-8-15)20(26)25(21(19)27)17-5-3-2-4-6-17/h7-10,17H,2-6,11-14H2,1H3. The largest absolute Gasteiger partial charge is 0.364 e. The van der Waals surface area contributed by atoms with Crippen molar-refractivity contribution in [2.45, 2.75) is 38.1 Å². The minimum atomic E-state index is -0.136. The molecule has 0 aromatic heterocycles. The van der Waals surface area contributed by atoms with E-state index in [-0.39, 0.29) is 17.9 Å². The minimum Gasteiger partial charge on any atom is -0.364 e. The molecule has 0 N–H and O–H groups in total. The highest BCUT2D eigenvalue weighted by Crippen LogP contribution is 2.36. The molecule has 0 atom stereocenters. The van der Waals surface area contributed by atoms with Gasteiger partial charge in [-0.25, -0.2) is 0 Å². The Morgan fingerprint density at radius 3 is 2.15 bits per heavy atom. The third-order valence-electron chi connectivity index (χ3n) is 5.98. The molecule has 27 heavy (non-hydrogen) atoms. The molecule has 2 amide bonds. The molecule has 1 aliphatic carbocycles. The van der Waals surface area contributed by atoms with E-state index in [1.54, 1.807) is 17.0 Å². The summed E-state index contributed by atoms with van der Waals surface area (Å²) in [6.45, 7) is 3.31. The second kappa shape index (κ2) is 7.64. The molecule has 1 aromatic rings. The topological polar surface area (TPSA) is 43.9 Å². The van der Waals surface area contributed by atoms with Gasteiger partial charge in [-0.2, -0.15) is 0 Å². The van der Waals surface area contributed by atoms with Crippen molar-refractivity contribution < 1.29 is 9.59 Å². The normalized spacial score (nSPS) is 22.9. The van der Waals surface area contributed by atoms with Gasteiger partial charge >= 0.3 is 0 Å². The fraction of sp³-hybridized carbons (Fsp3) is 0.524. The molecule has 0 spiro atoms. The average molecular weight is 388 g/mol. The first kappa shape index (κ1) is 18.5. The highest BCUT2D eigenvalue weighted by molar-refractivity contribution is 6.36. The van der Waals surface area contributed by atoms with Crippen LogP contribution in [-0.4, -0.2) is 65.8 Å². The van der Waals surface area contributed by atoms with E-state index in [9.17, 15) is 9.59 Å². The lowest BCUT2D eigenvalue weighted by atomic mass is 9.94. The van der Waals surface area contributed by atoms with Gasteiger partial charge in [0.15, 0.2) is 0 Å². The maximum absolute atomic E-state index is 13.4. The zero-order chi connectivity index (χ0) is 19.0. The second-order valence-corrected chi connectivity index (χ2v) is 8.23. The molecule has 1 saturated heterocycles. The number of hydrogen-bond donors (Lipinski definition) is 0. The number of carbonyl (C=O) groups is 2. The molecule has 0 radical (unpaired) electrons. The fourth-order valence-electron chi connectivity index (χ4n) is 4.41. The Labute approximate surface area is 165 Å². The third kappa shape index (κ3) is 3.50. The van der Waals surface area contributed by atoms with Crippen molar-refractivity contribution >= 4 is 29.0 Å². The Morgan fingerprint density at radius 1 is 0.889 bits per heavy atom. The summed E-state index contributed by atoms with van der Waals surface area (Å²) >= 11 is 6.04. The zero-order valence-corrected chi connectivity index (χ0v) is 16.5. The van der Waals surface area contributed by atoms with Crippen molar-refractivity contribution in [3.05, 3.63) is 40.5 Å². The lowest BCUT2D eigenvalue weighted by Gasteiger charge is -2.35. The molecule has 1 saturated carbocycles. The van der Waals surface area contributed by atoms with Gasteiger partial charge in [-0.1, -0.05) is 43.0 Å². The Hall–Kier alpha value is -1.85. The Balaban J connectivity index is 1.73. The van der Waals surface area contributed by atoms with Crippen molar-refractivity contribution in [2.24, 2.45) is 0 Å². The van der Waals surface area contributed by atoms with Crippen molar-refractivity contribution in [3.63, 3.8) is 0 Å². The van der Waals surface area contributed by atoms with Crippen molar-refractivity contribution in [3.8, 4) is 0 Å². The number of imide groups is 1. The Morgan fingerprint density at radius 2 is 1.52 bits per heavy atom. The molecule has 2 aliphatic heterocycles. The van der Waals surface area contributed by atoms with Crippen LogP contribution >= 0.6 is 11.6 Å². The number of carbonyl (C=O) groups excluding carboxylic acids is 2. The minimum absolute atomic E-state index is 0.0333. The second-order valence-electron chi connectivity index (χ2n) is 7.79. The van der Waals surface area contributed by atoms with Crippen LogP contribution in [0.15, 0.2) is 30.0 Å². The van der Waals surface area contributed by atoms with E-state index in [4.69, 9.17) is 11.6 Å². The van der Waals surface area contributed by atoms with Gasteiger partial charge in [0.25, 0.3) is 11.8 Å². The molecule has 2 heterocycles. The van der Waals surface area contributed by atoms with Crippen LogP contribution in [0.5, 0.6) is 0 Å². The van der Waals surface area contributed by atoms with E-state index in [0.29, 0.717) is 16.3 Å². The Kier molecular flexibility index (Phi) is 5.24. The number of halogens is 1. The Bertz CT molecular complexity index is 760. The molecule has 6 heteroatoms. The lowest BCUT2D eigenvalue weighted by molar-refractivity contribution is -0.141. The summed E-state index contributed by atoms with van der Waals surface area (Å²) < 4.78 is 0. The first-order chi connectivity index (χ1) is 13.1. The van der Waals surface area contributed by atoms with E-state index in [1.807, 2.05) is 12.1 Å². The third-order valence-corrected chi connectivity index (χ3v) is 6.24. The molecule has 3 aliphatic rings. The smallest absolute Gasteiger partial charge is 0.278 e. The van der Waals surface area contributed by atoms with Gasteiger partial charge in [-0.05, 0) is 37.6 Å². The quantitative estimate of drug-likeness (QED) is 0.748. The summed E-state index contributed by atoms with van der Waals surface area (Å²) in [4.78, 5) is 32.7. The van der Waals surface area contributed by atoms with Gasteiger partial charge < -0.3 is 9.80 Å². The van der Waals surface area contributed by atoms with E-state index < -0.39 is 0 Å². The number of hydrogen-bond acceptors (Lipinski definition) is 4. The van der Waals surface area contributed by atoms with Crippen molar-refractivity contribution in [1.29, 1.82) is 0 Å². The van der Waals surface area contributed by atoms with Gasteiger partial charge in [0.1, 0.15) is 5.70 Å². The average Bonchev–Trinajstić information content (AvgIpc) is 2.94. The summed E-state index contributed by atoms with van der Waals surface area (Å²) in [5.74, 6) is -0.246. The summed E-state index contributed by atoms with van der Waals surface area (Å²) in [5, 5.41) is 0.626. The number of rotatable bonds is 3. The molecule has 1 aromatic carbocycles. The van der Waals surface area contributed by atoms with Crippen LogP contribution < -0.4 is 0 Å². The molecule has 2 fully saturated rings. The van der Waals surface area contributed by atoms with Crippen molar-refractivity contribution in [1.82, 2.24) is 14.7 Å². The van der Waals surface area contributed by atoms with Crippen molar-refractivity contribution in [2.75, 3.05) is 33.2 Å². The molecule has 4 rings (SSSR count). The summed E-state index contributed by atoms with van der Waals surface area (Å²) in [6.07, 6.45) is 5.20. The molecule has 0 unspecified atom stereocenters.